The van der Waals surface area contributed by atoms with E-state index in [-0.39, 0.29) is 11.9 Å². The van der Waals surface area contributed by atoms with Gasteiger partial charge in [-0.2, -0.15) is 0 Å². The zero-order valence-corrected chi connectivity index (χ0v) is 12.2. The Balaban J connectivity index is 1.98. The molecule has 0 spiro atoms. The van der Waals surface area contributed by atoms with E-state index in [1.165, 1.54) is 0 Å². The van der Waals surface area contributed by atoms with Crippen molar-refractivity contribution in [3.05, 3.63) is 30.1 Å². The van der Waals surface area contributed by atoms with Crippen LogP contribution in [0.4, 0.5) is 0 Å². The summed E-state index contributed by atoms with van der Waals surface area (Å²) in [5.41, 5.74) is 1.91. The highest BCUT2D eigenvalue weighted by Gasteiger charge is 2.27. The van der Waals surface area contributed by atoms with Gasteiger partial charge >= 0.3 is 0 Å². The zero-order chi connectivity index (χ0) is 14.1. The summed E-state index contributed by atoms with van der Waals surface area (Å²) in [5.74, 6) is 1.44. The molecule has 0 bridgehead atoms. The Morgan fingerprint density at radius 3 is 2.95 bits per heavy atom. The van der Waals surface area contributed by atoms with Gasteiger partial charge in [-0.25, -0.2) is 4.98 Å². The van der Waals surface area contributed by atoms with E-state index in [0.717, 1.165) is 29.7 Å². The molecule has 1 atom stereocenters. The molecule has 20 heavy (non-hydrogen) atoms. The van der Waals surface area contributed by atoms with E-state index in [0.29, 0.717) is 18.3 Å². The molecular weight excluding hydrogens is 274 g/mol. The lowest BCUT2D eigenvalue weighted by atomic mass is 10.2. The number of amides is 1. The monoisotopic (exact) mass is 291 g/mol. The highest BCUT2D eigenvalue weighted by atomic mass is 35.5. The van der Waals surface area contributed by atoms with Crippen LogP contribution in [0.5, 0.6) is 0 Å². The fraction of sp³-hybridized carbons (Fsp3) is 0.467. The van der Waals surface area contributed by atoms with Crippen molar-refractivity contribution in [2.45, 2.75) is 38.3 Å². The molecule has 1 aliphatic rings. The van der Waals surface area contributed by atoms with Crippen molar-refractivity contribution < 1.29 is 4.79 Å². The Morgan fingerprint density at radius 2 is 2.25 bits per heavy atom. The SMILES string of the molecule is CC(C(=O)NC1CC1)n1c(CCCl)nc2ccccc21. The molecule has 1 fully saturated rings. The number of nitrogens with zero attached hydrogens (tertiary/aromatic N) is 2. The topological polar surface area (TPSA) is 46.9 Å². The highest BCUT2D eigenvalue weighted by molar-refractivity contribution is 6.17. The van der Waals surface area contributed by atoms with Crippen molar-refractivity contribution in [3.8, 4) is 0 Å². The Labute approximate surface area is 123 Å². The molecule has 3 rings (SSSR count). The second-order valence-corrected chi connectivity index (χ2v) is 5.66. The molecule has 0 aliphatic heterocycles. The van der Waals surface area contributed by atoms with Gasteiger partial charge in [-0.15, -0.1) is 11.6 Å². The Hall–Kier alpha value is -1.55. The van der Waals surface area contributed by atoms with Gasteiger partial charge in [0.25, 0.3) is 0 Å². The van der Waals surface area contributed by atoms with Crippen LogP contribution in [0, 0.1) is 0 Å². The van der Waals surface area contributed by atoms with Gasteiger partial charge in [-0.05, 0) is 31.9 Å². The maximum Gasteiger partial charge on any atom is 0.243 e. The van der Waals surface area contributed by atoms with E-state index >= 15 is 0 Å². The molecule has 4 nitrogen and oxygen atoms in total. The smallest absolute Gasteiger partial charge is 0.243 e. The third kappa shape index (κ3) is 2.52. The number of fused-ring (bicyclic) bond motifs is 1. The minimum Gasteiger partial charge on any atom is -0.352 e. The second-order valence-electron chi connectivity index (χ2n) is 5.28. The number of carbonyl (C=O) groups is 1. The summed E-state index contributed by atoms with van der Waals surface area (Å²) >= 11 is 5.86. The van der Waals surface area contributed by atoms with Gasteiger partial charge in [0, 0.05) is 18.3 Å². The predicted octanol–water partition coefficient (Wildman–Crippen LogP) is 2.66. The van der Waals surface area contributed by atoms with E-state index in [1.807, 2.05) is 35.8 Å². The lowest BCUT2D eigenvalue weighted by molar-refractivity contribution is -0.124. The molecule has 1 N–H and O–H groups in total. The Morgan fingerprint density at radius 1 is 1.50 bits per heavy atom. The van der Waals surface area contributed by atoms with Crippen LogP contribution in [-0.2, 0) is 11.2 Å². The molecule has 0 radical (unpaired) electrons. The van der Waals surface area contributed by atoms with Gasteiger partial charge < -0.3 is 9.88 Å². The maximum absolute atomic E-state index is 12.3. The molecule has 106 valence electrons. The first kappa shape index (κ1) is 13.4. The number of imidazole rings is 1. The fourth-order valence-electron chi connectivity index (χ4n) is 2.45. The number of para-hydroxylation sites is 2. The minimum atomic E-state index is -0.263. The van der Waals surface area contributed by atoms with Crippen LogP contribution >= 0.6 is 11.6 Å². The summed E-state index contributed by atoms with van der Waals surface area (Å²) in [5, 5.41) is 3.06. The van der Waals surface area contributed by atoms with Crippen molar-refractivity contribution >= 4 is 28.5 Å². The van der Waals surface area contributed by atoms with Crippen molar-refractivity contribution in [3.63, 3.8) is 0 Å². The van der Waals surface area contributed by atoms with E-state index in [1.54, 1.807) is 0 Å². The van der Waals surface area contributed by atoms with Crippen LogP contribution < -0.4 is 5.32 Å². The number of nitrogens with one attached hydrogen (secondary N) is 1. The molecule has 1 aromatic heterocycles. The number of hydrogen-bond acceptors (Lipinski definition) is 2. The highest BCUT2D eigenvalue weighted by Crippen LogP contribution is 2.24. The third-order valence-electron chi connectivity index (χ3n) is 3.68. The summed E-state index contributed by atoms with van der Waals surface area (Å²) in [6, 6.07) is 8.00. The standard InChI is InChI=1S/C15H18ClN3O/c1-10(15(20)17-11-6-7-11)19-13-5-3-2-4-12(13)18-14(19)8-9-16/h2-5,10-11H,6-9H2,1H3,(H,17,20). The number of carbonyl (C=O) groups excluding carboxylic acids is 1. The molecule has 0 saturated heterocycles. The van der Waals surface area contributed by atoms with E-state index < -0.39 is 0 Å². The van der Waals surface area contributed by atoms with Crippen molar-refractivity contribution in [1.29, 1.82) is 0 Å². The quantitative estimate of drug-likeness (QED) is 0.861. The summed E-state index contributed by atoms with van der Waals surface area (Å²) in [4.78, 5) is 16.9. The van der Waals surface area contributed by atoms with Crippen molar-refractivity contribution in [2.75, 3.05) is 5.88 Å². The summed E-state index contributed by atoms with van der Waals surface area (Å²) in [6.45, 7) is 1.92. The number of benzene rings is 1. The van der Waals surface area contributed by atoms with Crippen LogP contribution in [0.2, 0.25) is 0 Å². The van der Waals surface area contributed by atoms with Gasteiger partial charge in [0.15, 0.2) is 0 Å². The molecule has 1 aliphatic carbocycles. The number of aryl methyl sites for hydroxylation is 1. The fourth-order valence-corrected chi connectivity index (χ4v) is 2.62. The number of halogens is 1. The maximum atomic E-state index is 12.3. The molecule has 1 aromatic carbocycles. The second kappa shape index (κ2) is 5.44. The van der Waals surface area contributed by atoms with Crippen LogP contribution in [0.1, 0.15) is 31.6 Å². The molecule has 1 heterocycles. The van der Waals surface area contributed by atoms with Crippen molar-refractivity contribution in [2.24, 2.45) is 0 Å². The summed E-state index contributed by atoms with van der Waals surface area (Å²) in [6.07, 6.45) is 2.85. The van der Waals surface area contributed by atoms with Gasteiger partial charge in [0.1, 0.15) is 11.9 Å². The summed E-state index contributed by atoms with van der Waals surface area (Å²) in [7, 11) is 0. The first-order chi connectivity index (χ1) is 9.70. The molecule has 2 aromatic rings. The molecule has 1 saturated carbocycles. The van der Waals surface area contributed by atoms with Crippen LogP contribution in [-0.4, -0.2) is 27.4 Å². The first-order valence-corrected chi connectivity index (χ1v) is 7.56. The molecule has 5 heteroatoms. The van der Waals surface area contributed by atoms with E-state index in [2.05, 4.69) is 10.3 Å². The van der Waals surface area contributed by atoms with Crippen LogP contribution in [0.3, 0.4) is 0 Å². The normalized spacial score (nSPS) is 16.3. The van der Waals surface area contributed by atoms with Crippen LogP contribution in [0.25, 0.3) is 11.0 Å². The average molecular weight is 292 g/mol. The van der Waals surface area contributed by atoms with Gasteiger partial charge in [-0.3, -0.25) is 4.79 Å². The molecular formula is C15H18ClN3O. The van der Waals surface area contributed by atoms with Crippen LogP contribution in [0.15, 0.2) is 24.3 Å². The molecule has 1 amide bonds. The Bertz CT molecular complexity index is 633. The number of aromatic nitrogens is 2. The van der Waals surface area contributed by atoms with Gasteiger partial charge in [0.2, 0.25) is 5.91 Å². The van der Waals surface area contributed by atoms with E-state index in [9.17, 15) is 4.79 Å². The lowest BCUT2D eigenvalue weighted by Gasteiger charge is -2.17. The van der Waals surface area contributed by atoms with Gasteiger partial charge in [0.05, 0.1) is 11.0 Å². The summed E-state index contributed by atoms with van der Waals surface area (Å²) < 4.78 is 2.01. The van der Waals surface area contributed by atoms with Gasteiger partial charge in [-0.1, -0.05) is 12.1 Å². The first-order valence-electron chi connectivity index (χ1n) is 7.03. The van der Waals surface area contributed by atoms with Crippen molar-refractivity contribution in [1.82, 2.24) is 14.9 Å². The largest absolute Gasteiger partial charge is 0.352 e. The molecule has 1 unspecified atom stereocenters. The lowest BCUT2D eigenvalue weighted by Crippen LogP contribution is -2.33. The number of rotatable bonds is 5. The minimum absolute atomic E-state index is 0.0616. The Kier molecular flexibility index (Phi) is 3.66. The number of alkyl halides is 1. The number of hydrogen-bond donors (Lipinski definition) is 1. The zero-order valence-electron chi connectivity index (χ0n) is 11.5. The third-order valence-corrected chi connectivity index (χ3v) is 3.87. The van der Waals surface area contributed by atoms with E-state index in [4.69, 9.17) is 11.6 Å². The average Bonchev–Trinajstić information content (AvgIpc) is 3.18. The predicted molar refractivity (Wildman–Crippen MR) is 80.0 cm³/mol.